The number of carbonyl (C=O) groups excluding carboxylic acids is 3. The molecular formula is C27H41N3O4S. The van der Waals surface area contributed by atoms with Crippen LogP contribution in [0.15, 0.2) is 43.5 Å². The highest BCUT2D eigenvalue weighted by Gasteiger charge is 2.35. The number of carbonyl (C=O) groups is 3. The summed E-state index contributed by atoms with van der Waals surface area (Å²) in [6.45, 7) is 15.6. The smallest absolute Gasteiger partial charge is 0.408 e. The lowest BCUT2D eigenvalue weighted by Crippen LogP contribution is -2.53. The SMILES string of the molecule is C=CCN(C(=O)C(CCSC)NC(=O)OC(C)(C)C)C(C(=O)NCCCC)c1cccc(C=C)c1. The van der Waals surface area contributed by atoms with Gasteiger partial charge in [-0.05, 0) is 62.8 Å². The molecule has 8 heteroatoms. The first-order valence-corrected chi connectivity index (χ1v) is 13.4. The number of ether oxygens (including phenoxy) is 1. The van der Waals surface area contributed by atoms with Crippen molar-refractivity contribution in [2.75, 3.05) is 25.1 Å². The van der Waals surface area contributed by atoms with E-state index in [1.807, 2.05) is 37.4 Å². The van der Waals surface area contributed by atoms with E-state index in [2.05, 4.69) is 23.8 Å². The molecule has 1 rings (SSSR count). The Morgan fingerprint density at radius 3 is 2.51 bits per heavy atom. The molecule has 0 saturated carbocycles. The second-order valence-electron chi connectivity index (χ2n) is 9.18. The minimum Gasteiger partial charge on any atom is -0.444 e. The molecule has 0 fully saturated rings. The standard InChI is InChI=1S/C27H41N3O4S/c1-8-11-16-28-24(31)23(21-14-12-13-20(10-3)19-21)30(17-9-2)25(32)22(15-18-35-7)29-26(33)34-27(4,5)6/h9-10,12-14,19,22-23H,2-3,8,11,15-18H2,1,4-7H3,(H,28,31)(H,29,33). The molecule has 0 saturated heterocycles. The number of hydrogen-bond donors (Lipinski definition) is 2. The van der Waals surface area contributed by atoms with Crippen LogP contribution in [0.25, 0.3) is 6.08 Å². The molecule has 35 heavy (non-hydrogen) atoms. The number of nitrogens with zero attached hydrogens (tertiary/aromatic N) is 1. The van der Waals surface area contributed by atoms with Gasteiger partial charge in [-0.2, -0.15) is 11.8 Å². The summed E-state index contributed by atoms with van der Waals surface area (Å²) in [5.41, 5.74) is 0.795. The maximum absolute atomic E-state index is 13.8. The maximum atomic E-state index is 13.8. The molecule has 3 amide bonds. The van der Waals surface area contributed by atoms with E-state index in [-0.39, 0.29) is 18.4 Å². The quantitative estimate of drug-likeness (QED) is 0.277. The lowest BCUT2D eigenvalue weighted by Gasteiger charge is -2.34. The van der Waals surface area contributed by atoms with Gasteiger partial charge in [-0.3, -0.25) is 9.59 Å². The van der Waals surface area contributed by atoms with E-state index in [0.29, 0.717) is 24.3 Å². The van der Waals surface area contributed by atoms with E-state index in [0.717, 1.165) is 18.4 Å². The summed E-state index contributed by atoms with van der Waals surface area (Å²) >= 11 is 1.57. The van der Waals surface area contributed by atoms with Crippen LogP contribution >= 0.6 is 11.8 Å². The average molecular weight is 504 g/mol. The molecule has 0 bridgehead atoms. The summed E-state index contributed by atoms with van der Waals surface area (Å²) in [6, 6.07) is 5.63. The fourth-order valence-electron chi connectivity index (χ4n) is 3.42. The van der Waals surface area contributed by atoms with Crippen molar-refractivity contribution < 1.29 is 19.1 Å². The highest BCUT2D eigenvalue weighted by atomic mass is 32.2. The first kappa shape index (κ1) is 30.3. The Morgan fingerprint density at radius 2 is 1.94 bits per heavy atom. The molecule has 0 heterocycles. The molecule has 0 aliphatic rings. The first-order chi connectivity index (χ1) is 16.6. The van der Waals surface area contributed by atoms with Crippen molar-refractivity contribution in [3.63, 3.8) is 0 Å². The zero-order valence-corrected chi connectivity index (χ0v) is 22.6. The van der Waals surface area contributed by atoms with E-state index < -0.39 is 23.8 Å². The van der Waals surface area contributed by atoms with E-state index in [1.165, 1.54) is 4.90 Å². The Balaban J connectivity index is 3.40. The third-order valence-corrected chi connectivity index (χ3v) is 5.70. The number of nitrogens with one attached hydrogen (secondary N) is 2. The molecule has 7 nitrogen and oxygen atoms in total. The van der Waals surface area contributed by atoms with Gasteiger partial charge in [0, 0.05) is 13.1 Å². The molecule has 1 aromatic rings. The molecule has 194 valence electrons. The van der Waals surface area contributed by atoms with Crippen LogP contribution in [-0.2, 0) is 14.3 Å². The topological polar surface area (TPSA) is 87.7 Å². The van der Waals surface area contributed by atoms with Crippen molar-refractivity contribution in [3.05, 3.63) is 54.6 Å². The van der Waals surface area contributed by atoms with Gasteiger partial charge in [-0.25, -0.2) is 4.79 Å². The predicted molar refractivity (Wildman–Crippen MR) is 145 cm³/mol. The monoisotopic (exact) mass is 503 g/mol. The van der Waals surface area contributed by atoms with Crippen molar-refractivity contribution >= 4 is 35.7 Å². The van der Waals surface area contributed by atoms with Crippen molar-refractivity contribution in [2.45, 2.75) is 64.6 Å². The average Bonchev–Trinajstić information content (AvgIpc) is 2.80. The number of rotatable bonds is 14. The Hall–Kier alpha value is -2.74. The third-order valence-electron chi connectivity index (χ3n) is 5.06. The van der Waals surface area contributed by atoms with E-state index in [4.69, 9.17) is 4.74 Å². The summed E-state index contributed by atoms with van der Waals surface area (Å²) in [7, 11) is 0. The Morgan fingerprint density at radius 1 is 1.23 bits per heavy atom. The molecular weight excluding hydrogens is 462 g/mol. The zero-order valence-electron chi connectivity index (χ0n) is 21.8. The van der Waals surface area contributed by atoms with E-state index >= 15 is 0 Å². The second-order valence-corrected chi connectivity index (χ2v) is 10.2. The van der Waals surface area contributed by atoms with Gasteiger partial charge in [0.15, 0.2) is 0 Å². The minimum atomic E-state index is -0.894. The van der Waals surface area contributed by atoms with Crippen LogP contribution in [0.4, 0.5) is 4.79 Å². The first-order valence-electron chi connectivity index (χ1n) is 12.0. The van der Waals surface area contributed by atoms with Gasteiger partial charge in [0.25, 0.3) is 0 Å². The van der Waals surface area contributed by atoms with Gasteiger partial charge in [0.2, 0.25) is 11.8 Å². The Labute approximate surface area is 214 Å². The lowest BCUT2D eigenvalue weighted by molar-refractivity contribution is -0.141. The fraction of sp³-hybridized carbons (Fsp3) is 0.519. The van der Waals surface area contributed by atoms with Gasteiger partial charge in [-0.15, -0.1) is 6.58 Å². The number of unbranched alkanes of at least 4 members (excludes halogenated alkanes) is 1. The molecule has 2 unspecified atom stereocenters. The molecule has 1 aromatic carbocycles. The summed E-state index contributed by atoms with van der Waals surface area (Å²) in [5, 5.41) is 5.68. The summed E-state index contributed by atoms with van der Waals surface area (Å²) < 4.78 is 5.39. The van der Waals surface area contributed by atoms with Crippen LogP contribution in [0.2, 0.25) is 0 Å². The maximum Gasteiger partial charge on any atom is 0.408 e. The minimum absolute atomic E-state index is 0.134. The molecule has 0 radical (unpaired) electrons. The largest absolute Gasteiger partial charge is 0.444 e. The molecule has 0 spiro atoms. The fourth-order valence-corrected chi connectivity index (χ4v) is 3.89. The summed E-state index contributed by atoms with van der Waals surface area (Å²) in [4.78, 5) is 41.2. The van der Waals surface area contributed by atoms with Crippen LogP contribution in [-0.4, -0.2) is 59.5 Å². The van der Waals surface area contributed by atoms with E-state index in [1.54, 1.807) is 44.7 Å². The summed E-state index contributed by atoms with van der Waals surface area (Å²) in [5.74, 6) is -0.00631. The molecule has 2 N–H and O–H groups in total. The molecule has 0 aliphatic carbocycles. The number of alkyl carbamates (subject to hydrolysis) is 1. The highest BCUT2D eigenvalue weighted by Crippen LogP contribution is 2.25. The normalized spacial score (nSPS) is 12.7. The second kappa shape index (κ2) is 15.3. The third kappa shape index (κ3) is 10.6. The van der Waals surface area contributed by atoms with Crippen molar-refractivity contribution in [2.24, 2.45) is 0 Å². The number of hydrogen-bond acceptors (Lipinski definition) is 5. The Bertz CT molecular complexity index is 866. The van der Waals surface area contributed by atoms with Crippen LogP contribution < -0.4 is 10.6 Å². The zero-order chi connectivity index (χ0) is 26.4. The van der Waals surface area contributed by atoms with Crippen molar-refractivity contribution in [1.29, 1.82) is 0 Å². The molecule has 2 atom stereocenters. The van der Waals surface area contributed by atoms with Gasteiger partial charge >= 0.3 is 6.09 Å². The number of amides is 3. The predicted octanol–water partition coefficient (Wildman–Crippen LogP) is 4.95. The molecule has 0 aliphatic heterocycles. The van der Waals surface area contributed by atoms with Crippen LogP contribution in [0.5, 0.6) is 0 Å². The van der Waals surface area contributed by atoms with E-state index in [9.17, 15) is 14.4 Å². The van der Waals surface area contributed by atoms with Gasteiger partial charge in [-0.1, -0.05) is 50.3 Å². The summed E-state index contributed by atoms with van der Waals surface area (Å²) in [6.07, 6.45) is 6.69. The molecule has 0 aromatic heterocycles. The van der Waals surface area contributed by atoms with Crippen molar-refractivity contribution in [3.8, 4) is 0 Å². The number of thioether (sulfide) groups is 1. The van der Waals surface area contributed by atoms with Gasteiger partial charge < -0.3 is 20.3 Å². The van der Waals surface area contributed by atoms with Crippen LogP contribution in [0, 0.1) is 0 Å². The Kier molecular flexibility index (Phi) is 13.2. The van der Waals surface area contributed by atoms with Gasteiger partial charge in [0.1, 0.15) is 17.7 Å². The van der Waals surface area contributed by atoms with Crippen LogP contribution in [0.3, 0.4) is 0 Å². The number of benzene rings is 1. The highest BCUT2D eigenvalue weighted by molar-refractivity contribution is 7.98. The van der Waals surface area contributed by atoms with Gasteiger partial charge in [0.05, 0.1) is 0 Å². The lowest BCUT2D eigenvalue weighted by atomic mass is 10.00. The van der Waals surface area contributed by atoms with Crippen LogP contribution in [0.1, 0.15) is 64.1 Å². The van der Waals surface area contributed by atoms with Crippen molar-refractivity contribution in [1.82, 2.24) is 15.5 Å².